The van der Waals surface area contributed by atoms with Crippen LogP contribution in [0.4, 0.5) is 0 Å². The zero-order valence-corrected chi connectivity index (χ0v) is 7.35. The highest BCUT2D eigenvalue weighted by Gasteiger charge is 2.68. The van der Waals surface area contributed by atoms with Crippen LogP contribution in [0.1, 0.15) is 40.0 Å². The third-order valence-electron chi connectivity index (χ3n) is 4.28. The van der Waals surface area contributed by atoms with Gasteiger partial charge in [0.15, 0.2) is 0 Å². The second-order valence-electron chi connectivity index (χ2n) is 4.40. The van der Waals surface area contributed by atoms with E-state index in [4.69, 9.17) is 0 Å². The van der Waals surface area contributed by atoms with E-state index in [9.17, 15) is 0 Å². The van der Waals surface area contributed by atoms with Gasteiger partial charge in [-0.25, -0.2) is 0 Å². The maximum atomic E-state index is 2.48. The molecule has 0 nitrogen and oxygen atoms in total. The van der Waals surface area contributed by atoms with Crippen molar-refractivity contribution in [1.29, 1.82) is 0 Å². The van der Waals surface area contributed by atoms with Gasteiger partial charge in [0, 0.05) is 0 Å². The summed E-state index contributed by atoms with van der Waals surface area (Å²) in [5.74, 6) is 3.39. The van der Waals surface area contributed by atoms with E-state index in [-0.39, 0.29) is 0 Å². The van der Waals surface area contributed by atoms with Crippen LogP contribution in [0.25, 0.3) is 0 Å². The Balaban J connectivity index is 1.99. The van der Waals surface area contributed by atoms with Crippen LogP contribution < -0.4 is 0 Å². The number of fused-ring (bicyclic) bond motifs is 1. The molecule has 0 radical (unpaired) electrons. The molecule has 2 aliphatic carbocycles. The second kappa shape index (κ2) is 1.78. The lowest BCUT2D eigenvalue weighted by molar-refractivity contribution is 0.278. The van der Waals surface area contributed by atoms with Crippen molar-refractivity contribution in [3.63, 3.8) is 0 Å². The van der Waals surface area contributed by atoms with E-state index in [2.05, 4.69) is 20.8 Å². The van der Waals surface area contributed by atoms with Crippen molar-refractivity contribution in [2.45, 2.75) is 40.0 Å². The molecule has 0 heteroatoms. The van der Waals surface area contributed by atoms with Crippen LogP contribution in [0.3, 0.4) is 0 Å². The average molecular weight is 138 g/mol. The average Bonchev–Trinajstić information content (AvgIpc) is 2.31. The maximum absolute atomic E-state index is 2.48. The lowest BCUT2D eigenvalue weighted by atomic mass is 9.83. The highest BCUT2D eigenvalue weighted by molar-refractivity contribution is 5.17. The highest BCUT2D eigenvalue weighted by Crippen LogP contribution is 2.75. The van der Waals surface area contributed by atoms with Crippen LogP contribution in [0.2, 0.25) is 0 Å². The molecule has 0 aromatic carbocycles. The first-order chi connectivity index (χ1) is 4.74. The second-order valence-corrected chi connectivity index (χ2v) is 4.40. The van der Waals surface area contributed by atoms with Gasteiger partial charge >= 0.3 is 0 Å². The highest BCUT2D eigenvalue weighted by atomic mass is 14.7. The minimum atomic E-state index is 0.792. The van der Waals surface area contributed by atoms with Crippen LogP contribution >= 0.6 is 0 Å². The van der Waals surface area contributed by atoms with E-state index in [0.717, 1.165) is 23.2 Å². The van der Waals surface area contributed by atoms with Crippen LogP contribution in [-0.2, 0) is 0 Å². The molecule has 0 spiro atoms. The van der Waals surface area contributed by atoms with Gasteiger partial charge in [0.2, 0.25) is 0 Å². The number of rotatable bonds is 2. The van der Waals surface area contributed by atoms with Crippen LogP contribution in [-0.4, -0.2) is 0 Å². The van der Waals surface area contributed by atoms with E-state index in [1.165, 1.54) is 12.8 Å². The summed E-state index contributed by atoms with van der Waals surface area (Å²) in [7, 11) is 0. The molecule has 0 heterocycles. The topological polar surface area (TPSA) is 0 Å². The van der Waals surface area contributed by atoms with Gasteiger partial charge in [-0.3, -0.25) is 0 Å². The largest absolute Gasteiger partial charge is 0.0651 e. The Morgan fingerprint density at radius 2 is 2.10 bits per heavy atom. The lowest BCUT2D eigenvalue weighted by Crippen LogP contribution is -2.13. The molecule has 10 heavy (non-hydrogen) atoms. The van der Waals surface area contributed by atoms with Gasteiger partial charge in [-0.2, -0.15) is 0 Å². The first-order valence-electron chi connectivity index (χ1n) is 4.74. The number of hydrogen-bond acceptors (Lipinski definition) is 0. The molecule has 2 rings (SSSR count). The molecule has 0 N–H and O–H groups in total. The van der Waals surface area contributed by atoms with E-state index in [0.29, 0.717) is 0 Å². The summed E-state index contributed by atoms with van der Waals surface area (Å²) in [6.07, 6.45) is 4.39. The van der Waals surface area contributed by atoms with Gasteiger partial charge in [0.05, 0.1) is 0 Å². The first kappa shape index (κ1) is 6.69. The minimum absolute atomic E-state index is 0.792. The molecule has 2 aliphatic rings. The summed E-state index contributed by atoms with van der Waals surface area (Å²) >= 11 is 0. The molecule has 0 aliphatic heterocycles. The Morgan fingerprint density at radius 1 is 1.40 bits per heavy atom. The Kier molecular flexibility index (Phi) is 1.19. The monoisotopic (exact) mass is 138 g/mol. The molecule has 2 saturated carbocycles. The van der Waals surface area contributed by atoms with E-state index >= 15 is 0 Å². The predicted molar refractivity (Wildman–Crippen MR) is 43.8 cm³/mol. The molecule has 0 aromatic heterocycles. The normalized spacial score (nSPS) is 57.3. The standard InChI is InChI=1S/C10H18/c1-4-7-6-8-9(7)10(8,3)5-2/h7-9H,4-6H2,1-3H3. The molecule has 0 amide bonds. The lowest BCUT2D eigenvalue weighted by Gasteiger charge is -2.22. The third-order valence-corrected chi connectivity index (χ3v) is 4.28. The van der Waals surface area contributed by atoms with Crippen molar-refractivity contribution in [2.75, 3.05) is 0 Å². The quantitative estimate of drug-likeness (QED) is 0.550. The molecule has 0 bridgehead atoms. The van der Waals surface area contributed by atoms with E-state index in [1.54, 1.807) is 6.42 Å². The van der Waals surface area contributed by atoms with Crippen molar-refractivity contribution < 1.29 is 0 Å². The molecular formula is C10H18. The molecule has 0 saturated heterocycles. The van der Waals surface area contributed by atoms with Gasteiger partial charge in [-0.15, -0.1) is 0 Å². The fourth-order valence-corrected chi connectivity index (χ4v) is 3.18. The zero-order chi connectivity index (χ0) is 7.35. The summed E-state index contributed by atoms with van der Waals surface area (Å²) in [5.41, 5.74) is 0.792. The number of hydrogen-bond donors (Lipinski definition) is 0. The Hall–Kier alpha value is 0. The van der Waals surface area contributed by atoms with Gasteiger partial charge in [0.1, 0.15) is 0 Å². The van der Waals surface area contributed by atoms with E-state index in [1.807, 2.05) is 0 Å². The molecule has 4 unspecified atom stereocenters. The Morgan fingerprint density at radius 3 is 2.40 bits per heavy atom. The minimum Gasteiger partial charge on any atom is -0.0651 e. The molecule has 58 valence electrons. The molecular weight excluding hydrogens is 120 g/mol. The Bertz CT molecular complexity index is 146. The summed E-state index contributed by atoms with van der Waals surface area (Å²) in [6, 6.07) is 0. The predicted octanol–water partition coefficient (Wildman–Crippen LogP) is 3.08. The van der Waals surface area contributed by atoms with Crippen LogP contribution in [0.15, 0.2) is 0 Å². The van der Waals surface area contributed by atoms with Gasteiger partial charge < -0.3 is 0 Å². The smallest absolute Gasteiger partial charge is 0.0263 e. The molecule has 2 fully saturated rings. The van der Waals surface area contributed by atoms with Crippen LogP contribution in [0.5, 0.6) is 0 Å². The van der Waals surface area contributed by atoms with Gasteiger partial charge in [-0.05, 0) is 29.6 Å². The maximum Gasteiger partial charge on any atom is -0.0263 e. The fraction of sp³-hybridized carbons (Fsp3) is 1.00. The van der Waals surface area contributed by atoms with Crippen molar-refractivity contribution >= 4 is 0 Å². The van der Waals surface area contributed by atoms with E-state index < -0.39 is 0 Å². The fourth-order valence-electron chi connectivity index (χ4n) is 3.18. The summed E-state index contributed by atoms with van der Waals surface area (Å²) < 4.78 is 0. The summed E-state index contributed by atoms with van der Waals surface area (Å²) in [5, 5.41) is 0. The van der Waals surface area contributed by atoms with Crippen molar-refractivity contribution in [2.24, 2.45) is 23.2 Å². The van der Waals surface area contributed by atoms with Crippen LogP contribution in [0, 0.1) is 23.2 Å². The molecule has 0 aromatic rings. The third kappa shape index (κ3) is 0.538. The SMILES string of the molecule is CCC1CC2C1C2(C)CC. The summed E-state index contributed by atoms with van der Waals surface area (Å²) in [6.45, 7) is 7.18. The van der Waals surface area contributed by atoms with Gasteiger partial charge in [-0.1, -0.05) is 33.6 Å². The zero-order valence-electron chi connectivity index (χ0n) is 7.35. The summed E-state index contributed by atoms with van der Waals surface area (Å²) in [4.78, 5) is 0. The molecule has 4 atom stereocenters. The van der Waals surface area contributed by atoms with Crippen molar-refractivity contribution in [1.82, 2.24) is 0 Å². The van der Waals surface area contributed by atoms with Crippen molar-refractivity contribution in [3.8, 4) is 0 Å². The van der Waals surface area contributed by atoms with Gasteiger partial charge in [0.25, 0.3) is 0 Å². The Labute approximate surface area is 64.0 Å². The van der Waals surface area contributed by atoms with Crippen molar-refractivity contribution in [3.05, 3.63) is 0 Å². The first-order valence-corrected chi connectivity index (χ1v) is 4.74.